The Kier molecular flexibility index (Phi) is 5.28. The summed E-state index contributed by atoms with van der Waals surface area (Å²) >= 11 is 6.57. The molecule has 2 heterocycles. The average Bonchev–Trinajstić information content (AvgIpc) is 3.09. The smallest absolute Gasteiger partial charge is 0.266 e. The van der Waals surface area contributed by atoms with Crippen LogP contribution in [0.5, 0.6) is 0 Å². The summed E-state index contributed by atoms with van der Waals surface area (Å²) in [5, 5.41) is 9.16. The molecular weight excluding hydrogens is 392 g/mol. The minimum atomic E-state index is -3.71. The highest BCUT2D eigenvalue weighted by atomic mass is 32.2. The zero-order valence-corrected chi connectivity index (χ0v) is 16.3. The summed E-state index contributed by atoms with van der Waals surface area (Å²) in [5.41, 5.74) is 1.73. The molecule has 3 rings (SSSR count). The summed E-state index contributed by atoms with van der Waals surface area (Å²) < 4.78 is 24.7. The predicted molar refractivity (Wildman–Crippen MR) is 105 cm³/mol. The number of sulfonamides is 1. The monoisotopic (exact) mass is 408 g/mol. The molecule has 1 amide bonds. The van der Waals surface area contributed by atoms with Crippen LogP contribution in [0, 0.1) is 0 Å². The number of carbonyl (C=O) groups excluding carboxylic acids is 1. The number of thiocarbonyl (C=S) groups is 1. The van der Waals surface area contributed by atoms with Crippen molar-refractivity contribution in [2.45, 2.75) is 11.3 Å². The maximum Gasteiger partial charge on any atom is 0.266 e. The van der Waals surface area contributed by atoms with Crippen LogP contribution in [0.4, 0.5) is 0 Å². The average molecular weight is 409 g/mol. The third-order valence-corrected chi connectivity index (χ3v) is 6.08. The van der Waals surface area contributed by atoms with Gasteiger partial charge in [-0.25, -0.2) is 13.6 Å². The van der Waals surface area contributed by atoms with Gasteiger partial charge in [-0.05, 0) is 30.2 Å². The van der Waals surface area contributed by atoms with E-state index in [9.17, 15) is 13.2 Å². The Morgan fingerprint density at radius 2 is 2.00 bits per heavy atom. The van der Waals surface area contributed by atoms with Crippen LogP contribution in [-0.4, -0.2) is 39.9 Å². The summed E-state index contributed by atoms with van der Waals surface area (Å²) in [4.78, 5) is 14.7. The molecule has 1 saturated heterocycles. The molecule has 0 radical (unpaired) electrons. The van der Waals surface area contributed by atoms with E-state index >= 15 is 0 Å². The summed E-state index contributed by atoms with van der Waals surface area (Å²) in [6.45, 7) is 0.420. The van der Waals surface area contributed by atoms with Crippen molar-refractivity contribution in [1.29, 1.82) is 0 Å². The van der Waals surface area contributed by atoms with Crippen LogP contribution in [-0.2, 0) is 28.3 Å². The van der Waals surface area contributed by atoms with Gasteiger partial charge in [0.05, 0.1) is 16.0 Å². The normalized spacial score (nSPS) is 16.7. The van der Waals surface area contributed by atoms with Crippen molar-refractivity contribution in [2.24, 2.45) is 12.2 Å². The highest BCUT2D eigenvalue weighted by Gasteiger charge is 2.31. The van der Waals surface area contributed by atoms with Gasteiger partial charge in [-0.3, -0.25) is 14.4 Å². The van der Waals surface area contributed by atoms with E-state index in [2.05, 4.69) is 5.10 Å². The molecule has 1 aromatic carbocycles. The number of thioether (sulfide) groups is 1. The predicted octanol–water partition coefficient (Wildman–Crippen LogP) is 1.51. The Bertz CT molecular complexity index is 994. The molecule has 1 aromatic heterocycles. The minimum absolute atomic E-state index is 0.0614. The van der Waals surface area contributed by atoms with Crippen LogP contribution in [0.2, 0.25) is 0 Å². The molecule has 0 saturated carbocycles. The van der Waals surface area contributed by atoms with Crippen LogP contribution < -0.4 is 5.14 Å². The molecule has 0 atom stereocenters. The van der Waals surface area contributed by atoms with Crippen LogP contribution in [0.1, 0.15) is 11.1 Å². The number of aryl methyl sites for hydroxylation is 1. The molecular formula is C16H16N4O3S3. The number of nitrogens with zero attached hydrogens (tertiary/aromatic N) is 3. The van der Waals surface area contributed by atoms with Crippen molar-refractivity contribution in [2.75, 3.05) is 6.54 Å². The van der Waals surface area contributed by atoms with Gasteiger partial charge in [-0.1, -0.05) is 36.1 Å². The minimum Gasteiger partial charge on any atom is -0.293 e. The molecule has 0 bridgehead atoms. The number of rotatable bonds is 5. The Morgan fingerprint density at radius 3 is 2.58 bits per heavy atom. The number of hydrogen-bond acceptors (Lipinski definition) is 6. The van der Waals surface area contributed by atoms with Crippen LogP contribution in [0.15, 0.2) is 46.5 Å². The zero-order valence-electron chi connectivity index (χ0n) is 13.8. The largest absolute Gasteiger partial charge is 0.293 e. The van der Waals surface area contributed by atoms with Gasteiger partial charge in [0.1, 0.15) is 4.32 Å². The number of nitrogens with two attached hydrogens (primary N) is 1. The molecule has 10 heteroatoms. The fourth-order valence-electron chi connectivity index (χ4n) is 2.45. The highest BCUT2D eigenvalue weighted by Crippen LogP contribution is 2.32. The molecule has 0 spiro atoms. The van der Waals surface area contributed by atoms with Gasteiger partial charge in [0, 0.05) is 25.4 Å². The Morgan fingerprint density at radius 1 is 1.31 bits per heavy atom. The first-order valence-electron chi connectivity index (χ1n) is 7.60. The zero-order chi connectivity index (χ0) is 18.9. The third kappa shape index (κ3) is 4.21. The maximum atomic E-state index is 12.6. The van der Waals surface area contributed by atoms with E-state index in [1.807, 2.05) is 13.2 Å². The molecule has 7 nitrogen and oxygen atoms in total. The molecule has 1 aliphatic heterocycles. The quantitative estimate of drug-likeness (QED) is 0.595. The van der Waals surface area contributed by atoms with Gasteiger partial charge in [-0.15, -0.1) is 0 Å². The lowest BCUT2D eigenvalue weighted by molar-refractivity contribution is -0.122. The van der Waals surface area contributed by atoms with Crippen molar-refractivity contribution in [3.63, 3.8) is 0 Å². The molecule has 1 fully saturated rings. The third-order valence-electron chi connectivity index (χ3n) is 3.77. The Labute approximate surface area is 160 Å². The van der Waals surface area contributed by atoms with E-state index in [0.29, 0.717) is 22.2 Å². The first-order valence-corrected chi connectivity index (χ1v) is 10.4. The topological polar surface area (TPSA) is 98.3 Å². The second kappa shape index (κ2) is 7.31. The molecule has 136 valence electrons. The maximum absolute atomic E-state index is 12.6. The lowest BCUT2D eigenvalue weighted by atomic mass is 10.1. The number of primary sulfonamides is 1. The van der Waals surface area contributed by atoms with E-state index in [1.165, 1.54) is 23.9 Å². The second-order valence-electron chi connectivity index (χ2n) is 5.72. The van der Waals surface area contributed by atoms with Gasteiger partial charge in [0.15, 0.2) is 0 Å². The molecule has 26 heavy (non-hydrogen) atoms. The van der Waals surface area contributed by atoms with E-state index in [4.69, 9.17) is 17.4 Å². The van der Waals surface area contributed by atoms with E-state index in [1.54, 1.807) is 34.0 Å². The SMILES string of the molecule is Cn1cc(C=C2SC(=S)N(CCc3ccc(S(N)(=O)=O)cc3)C2=O)cn1. The molecule has 2 N–H and O–H groups in total. The first-order chi connectivity index (χ1) is 12.2. The summed E-state index contributed by atoms with van der Waals surface area (Å²) in [7, 11) is -1.90. The van der Waals surface area contributed by atoms with Gasteiger partial charge < -0.3 is 0 Å². The van der Waals surface area contributed by atoms with Crippen molar-refractivity contribution in [3.8, 4) is 0 Å². The van der Waals surface area contributed by atoms with Gasteiger partial charge >= 0.3 is 0 Å². The number of aromatic nitrogens is 2. The number of hydrogen-bond donors (Lipinski definition) is 1. The fraction of sp³-hybridized carbons (Fsp3) is 0.188. The van der Waals surface area contributed by atoms with E-state index in [0.717, 1.165) is 11.1 Å². The molecule has 0 unspecified atom stereocenters. The van der Waals surface area contributed by atoms with Crippen LogP contribution in [0.25, 0.3) is 6.08 Å². The van der Waals surface area contributed by atoms with Crippen molar-refractivity contribution in [3.05, 3.63) is 52.7 Å². The summed E-state index contributed by atoms with van der Waals surface area (Å²) in [6, 6.07) is 6.28. The Balaban J connectivity index is 1.67. The van der Waals surface area contributed by atoms with Gasteiger partial charge in [-0.2, -0.15) is 5.10 Å². The summed E-state index contributed by atoms with van der Waals surface area (Å²) in [5.74, 6) is -0.134. The Hall–Kier alpha value is -2.01. The lowest BCUT2D eigenvalue weighted by Crippen LogP contribution is -2.30. The number of benzene rings is 1. The standard InChI is InChI=1S/C16H16N4O3S3/c1-19-10-12(9-18-19)8-14-15(21)20(16(24)25-14)7-6-11-2-4-13(5-3-11)26(17,22)23/h2-5,8-10H,6-7H2,1H3,(H2,17,22,23). The molecule has 0 aliphatic carbocycles. The van der Waals surface area contributed by atoms with Crippen molar-refractivity contribution in [1.82, 2.24) is 14.7 Å². The lowest BCUT2D eigenvalue weighted by Gasteiger charge is -2.14. The highest BCUT2D eigenvalue weighted by molar-refractivity contribution is 8.26. The second-order valence-corrected chi connectivity index (χ2v) is 8.96. The summed E-state index contributed by atoms with van der Waals surface area (Å²) in [6.07, 6.45) is 5.82. The molecule has 1 aliphatic rings. The van der Waals surface area contributed by atoms with Gasteiger partial charge in [0.2, 0.25) is 10.0 Å². The van der Waals surface area contributed by atoms with E-state index in [-0.39, 0.29) is 10.8 Å². The van der Waals surface area contributed by atoms with Crippen molar-refractivity contribution >= 4 is 50.3 Å². The van der Waals surface area contributed by atoms with E-state index < -0.39 is 10.0 Å². The molecule has 2 aromatic rings. The number of amides is 1. The number of carbonyl (C=O) groups is 1. The van der Waals surface area contributed by atoms with Gasteiger partial charge in [0.25, 0.3) is 5.91 Å². The van der Waals surface area contributed by atoms with Crippen LogP contribution >= 0.6 is 24.0 Å². The van der Waals surface area contributed by atoms with Crippen molar-refractivity contribution < 1.29 is 13.2 Å². The van der Waals surface area contributed by atoms with Crippen LogP contribution in [0.3, 0.4) is 0 Å². The fourth-order valence-corrected chi connectivity index (χ4v) is 4.27. The first kappa shape index (κ1) is 18.8.